The molecule has 0 bridgehead atoms. The number of benzene rings is 1. The fourth-order valence-corrected chi connectivity index (χ4v) is 2.98. The number of nitrogens with one attached hydrogen (secondary N) is 1. The molecule has 7 heteroatoms. The summed E-state index contributed by atoms with van der Waals surface area (Å²) in [6, 6.07) is 8.13. The maximum absolute atomic E-state index is 12.7. The van der Waals surface area contributed by atoms with Gasteiger partial charge in [0.25, 0.3) is 0 Å². The van der Waals surface area contributed by atoms with E-state index in [-0.39, 0.29) is 5.91 Å². The smallest absolute Gasteiger partial charge is 0.227 e. The fourth-order valence-electron chi connectivity index (χ4n) is 2.98. The van der Waals surface area contributed by atoms with Crippen molar-refractivity contribution in [3.05, 3.63) is 36.2 Å². The van der Waals surface area contributed by atoms with Gasteiger partial charge >= 0.3 is 0 Å². The second-order valence-electron chi connectivity index (χ2n) is 5.83. The first-order chi connectivity index (χ1) is 11.3. The topological polar surface area (TPSA) is 75.9 Å². The van der Waals surface area contributed by atoms with Gasteiger partial charge in [-0.2, -0.15) is 0 Å². The van der Waals surface area contributed by atoms with Gasteiger partial charge in [-0.05, 0) is 47.5 Å². The van der Waals surface area contributed by atoms with E-state index in [0.29, 0.717) is 12.5 Å². The van der Waals surface area contributed by atoms with Gasteiger partial charge in [-0.25, -0.2) is 4.68 Å². The average Bonchev–Trinajstić information content (AvgIpc) is 3.26. The summed E-state index contributed by atoms with van der Waals surface area (Å²) >= 11 is 0. The molecule has 1 aromatic carbocycles. The highest BCUT2D eigenvalue weighted by Gasteiger charge is 2.25. The molecule has 0 spiro atoms. The van der Waals surface area contributed by atoms with Gasteiger partial charge in [0.05, 0.1) is 12.1 Å². The van der Waals surface area contributed by atoms with E-state index in [1.807, 2.05) is 29.2 Å². The minimum absolute atomic E-state index is 0.204. The van der Waals surface area contributed by atoms with Crippen LogP contribution in [-0.2, 0) is 11.2 Å². The SMILES string of the molecule is CCCN(C(=O)Cc1ccc(-n2cnnn2)cc1)C1CCNC1. The van der Waals surface area contributed by atoms with Crippen molar-refractivity contribution in [2.75, 3.05) is 19.6 Å². The Bertz CT molecular complexity index is 619. The molecule has 23 heavy (non-hydrogen) atoms. The standard InChI is InChI=1S/C16H22N6O/c1-2-9-21(15-7-8-17-11-15)16(23)10-13-3-5-14(6-4-13)22-12-18-19-20-22/h3-6,12,15,17H,2,7-11H2,1H3. The lowest BCUT2D eigenvalue weighted by molar-refractivity contribution is -0.132. The predicted octanol–water partition coefficient (Wildman–Crippen LogP) is 0.805. The summed E-state index contributed by atoms with van der Waals surface area (Å²) in [6.45, 7) is 4.85. The van der Waals surface area contributed by atoms with Crippen LogP contribution < -0.4 is 5.32 Å². The zero-order chi connectivity index (χ0) is 16.1. The van der Waals surface area contributed by atoms with Gasteiger partial charge in [0.1, 0.15) is 6.33 Å². The van der Waals surface area contributed by atoms with E-state index in [0.717, 1.165) is 43.7 Å². The molecule has 1 aliphatic heterocycles. The van der Waals surface area contributed by atoms with Crippen LogP contribution in [0, 0.1) is 0 Å². The number of amides is 1. The Hall–Kier alpha value is -2.28. The second kappa shape index (κ2) is 7.32. The first kappa shape index (κ1) is 15.6. The molecule has 1 atom stereocenters. The number of tetrazole rings is 1. The number of nitrogens with zero attached hydrogens (tertiary/aromatic N) is 5. The van der Waals surface area contributed by atoms with Crippen LogP contribution in [0.5, 0.6) is 0 Å². The summed E-state index contributed by atoms with van der Waals surface area (Å²) in [6.07, 6.45) is 4.02. The molecule has 1 saturated heterocycles. The van der Waals surface area contributed by atoms with Crippen LogP contribution in [0.15, 0.2) is 30.6 Å². The fraction of sp³-hybridized carbons (Fsp3) is 0.500. The van der Waals surface area contributed by atoms with E-state index < -0.39 is 0 Å². The number of carbonyl (C=O) groups is 1. The third-order valence-electron chi connectivity index (χ3n) is 4.17. The Kier molecular flexibility index (Phi) is 4.97. The maximum atomic E-state index is 12.7. The van der Waals surface area contributed by atoms with Gasteiger partial charge < -0.3 is 10.2 Å². The van der Waals surface area contributed by atoms with E-state index in [1.165, 1.54) is 0 Å². The van der Waals surface area contributed by atoms with Crippen LogP contribution >= 0.6 is 0 Å². The highest BCUT2D eigenvalue weighted by Crippen LogP contribution is 2.14. The van der Waals surface area contributed by atoms with Gasteiger partial charge in [-0.15, -0.1) is 5.10 Å². The van der Waals surface area contributed by atoms with Crippen LogP contribution in [0.2, 0.25) is 0 Å². The molecule has 1 unspecified atom stereocenters. The maximum Gasteiger partial charge on any atom is 0.227 e. The number of hydrogen-bond acceptors (Lipinski definition) is 5. The van der Waals surface area contributed by atoms with Crippen LogP contribution in [-0.4, -0.2) is 56.7 Å². The van der Waals surface area contributed by atoms with E-state index in [1.54, 1.807) is 11.0 Å². The summed E-state index contributed by atoms with van der Waals surface area (Å²) in [5.74, 6) is 0.204. The van der Waals surface area contributed by atoms with Gasteiger partial charge in [-0.3, -0.25) is 4.79 Å². The molecule has 1 amide bonds. The lowest BCUT2D eigenvalue weighted by atomic mass is 10.1. The molecule has 7 nitrogen and oxygen atoms in total. The molecule has 1 aliphatic rings. The predicted molar refractivity (Wildman–Crippen MR) is 86.1 cm³/mol. The van der Waals surface area contributed by atoms with E-state index in [4.69, 9.17) is 0 Å². The number of hydrogen-bond donors (Lipinski definition) is 1. The summed E-state index contributed by atoms with van der Waals surface area (Å²) in [5.41, 5.74) is 1.90. The Balaban J connectivity index is 1.66. The lowest BCUT2D eigenvalue weighted by Gasteiger charge is -2.28. The summed E-state index contributed by atoms with van der Waals surface area (Å²) in [4.78, 5) is 14.7. The quantitative estimate of drug-likeness (QED) is 0.854. The molecule has 0 saturated carbocycles. The molecule has 3 rings (SSSR count). The van der Waals surface area contributed by atoms with Crippen molar-refractivity contribution in [1.82, 2.24) is 30.4 Å². The zero-order valence-electron chi connectivity index (χ0n) is 13.4. The Labute approximate surface area is 135 Å². The van der Waals surface area contributed by atoms with Crippen molar-refractivity contribution >= 4 is 5.91 Å². The normalized spacial score (nSPS) is 17.3. The molecule has 0 radical (unpaired) electrons. The first-order valence-electron chi connectivity index (χ1n) is 8.10. The van der Waals surface area contributed by atoms with Crippen molar-refractivity contribution in [2.45, 2.75) is 32.2 Å². The van der Waals surface area contributed by atoms with Crippen molar-refractivity contribution in [1.29, 1.82) is 0 Å². The minimum Gasteiger partial charge on any atom is -0.338 e. The first-order valence-corrected chi connectivity index (χ1v) is 8.10. The number of carbonyl (C=O) groups excluding carboxylic acids is 1. The molecule has 1 N–H and O–H groups in total. The van der Waals surface area contributed by atoms with Gasteiger partial charge in [-0.1, -0.05) is 19.1 Å². The molecule has 1 aromatic heterocycles. The average molecular weight is 314 g/mol. The molecule has 0 aliphatic carbocycles. The number of rotatable bonds is 6. The second-order valence-corrected chi connectivity index (χ2v) is 5.83. The number of aromatic nitrogens is 4. The molecular formula is C16H22N6O. The van der Waals surface area contributed by atoms with Crippen LogP contribution in [0.3, 0.4) is 0 Å². The lowest BCUT2D eigenvalue weighted by Crippen LogP contribution is -2.42. The van der Waals surface area contributed by atoms with Gasteiger partial charge in [0, 0.05) is 19.1 Å². The monoisotopic (exact) mass is 314 g/mol. The molecule has 1 fully saturated rings. The highest BCUT2D eigenvalue weighted by atomic mass is 16.2. The largest absolute Gasteiger partial charge is 0.338 e. The van der Waals surface area contributed by atoms with Crippen molar-refractivity contribution in [3.63, 3.8) is 0 Å². The van der Waals surface area contributed by atoms with E-state index in [9.17, 15) is 4.79 Å². The van der Waals surface area contributed by atoms with Gasteiger partial charge in [0.15, 0.2) is 0 Å². The Morgan fingerprint density at radius 2 is 2.22 bits per heavy atom. The summed E-state index contributed by atoms with van der Waals surface area (Å²) in [5, 5.41) is 14.4. The highest BCUT2D eigenvalue weighted by molar-refractivity contribution is 5.79. The molecular weight excluding hydrogens is 292 g/mol. The zero-order valence-corrected chi connectivity index (χ0v) is 13.4. The van der Waals surface area contributed by atoms with Crippen molar-refractivity contribution in [3.8, 4) is 5.69 Å². The summed E-state index contributed by atoms with van der Waals surface area (Å²) in [7, 11) is 0. The Morgan fingerprint density at radius 1 is 1.39 bits per heavy atom. The van der Waals surface area contributed by atoms with E-state index >= 15 is 0 Å². The third kappa shape index (κ3) is 3.73. The van der Waals surface area contributed by atoms with E-state index in [2.05, 4.69) is 27.8 Å². The molecule has 2 heterocycles. The molecule has 122 valence electrons. The van der Waals surface area contributed by atoms with Crippen molar-refractivity contribution < 1.29 is 4.79 Å². The third-order valence-corrected chi connectivity index (χ3v) is 4.17. The van der Waals surface area contributed by atoms with Crippen LogP contribution in [0.1, 0.15) is 25.3 Å². The minimum atomic E-state index is 0.204. The van der Waals surface area contributed by atoms with Crippen LogP contribution in [0.25, 0.3) is 5.69 Å². The van der Waals surface area contributed by atoms with Crippen LogP contribution in [0.4, 0.5) is 0 Å². The molecule has 2 aromatic rings. The summed E-state index contributed by atoms with van der Waals surface area (Å²) < 4.78 is 1.60. The Morgan fingerprint density at radius 3 is 2.83 bits per heavy atom. The van der Waals surface area contributed by atoms with Gasteiger partial charge in [0.2, 0.25) is 5.91 Å². The van der Waals surface area contributed by atoms with Crippen molar-refractivity contribution in [2.24, 2.45) is 0 Å².